The Hall–Kier alpha value is -1.52. The number of hydrogen-bond donors (Lipinski definition) is 1. The summed E-state index contributed by atoms with van der Waals surface area (Å²) < 4.78 is 6.45. The van der Waals surface area contributed by atoms with Gasteiger partial charge in [-0.2, -0.15) is 0 Å². The lowest BCUT2D eigenvalue weighted by Crippen LogP contribution is -2.07. The highest BCUT2D eigenvalue weighted by atomic mass is 79.9. The Bertz CT molecular complexity index is 800. The maximum absolute atomic E-state index is 6.29. The van der Waals surface area contributed by atoms with Crippen molar-refractivity contribution in [2.45, 2.75) is 19.9 Å². The minimum absolute atomic E-state index is 0.0936. The molecule has 1 heterocycles. The number of fused-ring (bicyclic) bond motifs is 1. The van der Waals surface area contributed by atoms with E-state index in [0.717, 1.165) is 31.8 Å². The number of rotatable bonds is 3. The first-order valence-electron chi connectivity index (χ1n) is 6.61. The van der Waals surface area contributed by atoms with E-state index < -0.39 is 0 Å². The number of aryl methyl sites for hydroxylation is 1. The average Bonchev–Trinajstić information content (AvgIpc) is 2.77. The summed E-state index contributed by atoms with van der Waals surface area (Å²) in [5.41, 5.74) is 3.69. The van der Waals surface area contributed by atoms with Crippen LogP contribution in [0.25, 0.3) is 11.1 Å². The van der Waals surface area contributed by atoms with Gasteiger partial charge in [0, 0.05) is 28.1 Å². The molecule has 1 atom stereocenters. The number of nitrogens with one attached hydrogen (secondary N) is 1. The molecular weight excluding hydrogens is 352 g/mol. The lowest BCUT2D eigenvalue weighted by atomic mass is 10.1. The Balaban J connectivity index is 1.86. The van der Waals surface area contributed by atoms with E-state index in [2.05, 4.69) is 33.2 Å². The molecule has 0 saturated carbocycles. The van der Waals surface area contributed by atoms with Gasteiger partial charge in [0.25, 0.3) is 0 Å². The summed E-state index contributed by atoms with van der Waals surface area (Å²) in [6.45, 7) is 3.92. The molecule has 3 aromatic rings. The average molecular weight is 366 g/mol. The first-order valence-corrected chi connectivity index (χ1v) is 7.79. The van der Waals surface area contributed by atoms with Crippen LogP contribution in [-0.4, -0.2) is 4.98 Å². The van der Waals surface area contributed by atoms with Crippen LogP contribution >= 0.6 is 27.5 Å². The van der Waals surface area contributed by atoms with Gasteiger partial charge in [0.2, 0.25) is 0 Å². The molecule has 1 aromatic heterocycles. The van der Waals surface area contributed by atoms with Gasteiger partial charge in [-0.1, -0.05) is 33.6 Å². The van der Waals surface area contributed by atoms with Crippen molar-refractivity contribution in [2.24, 2.45) is 0 Å². The summed E-state index contributed by atoms with van der Waals surface area (Å²) in [4.78, 5) is 4.34. The number of aromatic nitrogens is 1. The highest BCUT2D eigenvalue weighted by Gasteiger charge is 2.11. The van der Waals surface area contributed by atoms with Gasteiger partial charge >= 0.3 is 0 Å². The van der Waals surface area contributed by atoms with Crippen LogP contribution in [0.2, 0.25) is 5.02 Å². The molecule has 2 aromatic carbocycles. The molecule has 0 aliphatic rings. The minimum Gasteiger partial charge on any atom is -0.441 e. The van der Waals surface area contributed by atoms with Crippen molar-refractivity contribution in [1.82, 2.24) is 4.98 Å². The zero-order valence-corrected chi connectivity index (χ0v) is 14.0. The highest BCUT2D eigenvalue weighted by Crippen LogP contribution is 2.29. The van der Waals surface area contributed by atoms with E-state index in [0.29, 0.717) is 5.89 Å². The Labute approximate surface area is 136 Å². The maximum Gasteiger partial charge on any atom is 0.192 e. The predicted molar refractivity (Wildman–Crippen MR) is 89.9 cm³/mol. The third-order valence-electron chi connectivity index (χ3n) is 3.31. The predicted octanol–water partition coefficient (Wildman–Crippen LogP) is 5.73. The van der Waals surface area contributed by atoms with Crippen molar-refractivity contribution in [3.05, 3.63) is 57.3 Å². The van der Waals surface area contributed by atoms with Crippen LogP contribution in [0.1, 0.15) is 24.4 Å². The summed E-state index contributed by atoms with van der Waals surface area (Å²) in [5, 5.41) is 4.18. The zero-order chi connectivity index (χ0) is 15.0. The molecule has 21 heavy (non-hydrogen) atoms. The fourth-order valence-electron chi connectivity index (χ4n) is 2.31. The number of oxazole rings is 1. The molecule has 3 nitrogen and oxygen atoms in total. The Morgan fingerprint density at radius 1 is 1.24 bits per heavy atom. The topological polar surface area (TPSA) is 38.1 Å². The van der Waals surface area contributed by atoms with Gasteiger partial charge in [0.15, 0.2) is 11.5 Å². The smallest absolute Gasteiger partial charge is 0.192 e. The monoisotopic (exact) mass is 364 g/mol. The van der Waals surface area contributed by atoms with Gasteiger partial charge in [-0.15, -0.1) is 0 Å². The number of halogens is 2. The minimum atomic E-state index is 0.0936. The molecule has 3 rings (SSSR count). The van der Waals surface area contributed by atoms with Gasteiger partial charge in [0.05, 0.1) is 0 Å². The van der Waals surface area contributed by atoms with Crippen LogP contribution in [0.3, 0.4) is 0 Å². The van der Waals surface area contributed by atoms with Crippen molar-refractivity contribution in [1.29, 1.82) is 0 Å². The quantitative estimate of drug-likeness (QED) is 0.644. The molecule has 0 fully saturated rings. The SMILES string of the molecule is Cc1nc2cc(NC(C)c3ccc(Br)cc3Cl)ccc2o1. The number of hydrogen-bond acceptors (Lipinski definition) is 3. The van der Waals surface area contributed by atoms with Crippen LogP contribution in [0.15, 0.2) is 45.3 Å². The molecule has 108 valence electrons. The Kier molecular flexibility index (Phi) is 3.91. The second kappa shape index (κ2) is 5.70. The van der Waals surface area contributed by atoms with Gasteiger partial charge in [-0.25, -0.2) is 4.98 Å². The van der Waals surface area contributed by atoms with E-state index in [-0.39, 0.29) is 6.04 Å². The standard InChI is InChI=1S/C16H14BrClN2O/c1-9(13-5-3-11(17)7-14(13)18)19-12-4-6-16-15(8-12)20-10(2)21-16/h3-9,19H,1-2H3. The third kappa shape index (κ3) is 3.06. The molecule has 1 unspecified atom stereocenters. The fourth-order valence-corrected chi connectivity index (χ4v) is 3.15. The number of benzene rings is 2. The van der Waals surface area contributed by atoms with E-state index in [9.17, 15) is 0 Å². The van der Waals surface area contributed by atoms with Crippen LogP contribution in [0.5, 0.6) is 0 Å². The van der Waals surface area contributed by atoms with Crippen LogP contribution in [-0.2, 0) is 0 Å². The summed E-state index contributed by atoms with van der Waals surface area (Å²) in [7, 11) is 0. The molecule has 0 amide bonds. The molecule has 0 aliphatic heterocycles. The lowest BCUT2D eigenvalue weighted by molar-refractivity contribution is 0.561. The lowest BCUT2D eigenvalue weighted by Gasteiger charge is -2.17. The molecular formula is C16H14BrClN2O. The van der Waals surface area contributed by atoms with Crippen molar-refractivity contribution in [3.8, 4) is 0 Å². The Morgan fingerprint density at radius 2 is 2.05 bits per heavy atom. The molecule has 0 radical (unpaired) electrons. The summed E-state index contributed by atoms with van der Waals surface area (Å²) in [6, 6.07) is 11.9. The second-order valence-corrected chi connectivity index (χ2v) is 6.27. The first kappa shape index (κ1) is 14.4. The molecule has 0 aliphatic carbocycles. The molecule has 0 bridgehead atoms. The van der Waals surface area contributed by atoms with Crippen molar-refractivity contribution in [2.75, 3.05) is 5.32 Å². The summed E-state index contributed by atoms with van der Waals surface area (Å²) in [5.74, 6) is 0.672. The van der Waals surface area contributed by atoms with E-state index in [1.807, 2.05) is 43.3 Å². The fraction of sp³-hybridized carbons (Fsp3) is 0.188. The highest BCUT2D eigenvalue weighted by molar-refractivity contribution is 9.10. The van der Waals surface area contributed by atoms with Crippen LogP contribution < -0.4 is 5.32 Å². The molecule has 1 N–H and O–H groups in total. The van der Waals surface area contributed by atoms with Gasteiger partial charge in [-0.05, 0) is 42.8 Å². The van der Waals surface area contributed by atoms with Crippen molar-refractivity contribution < 1.29 is 4.42 Å². The largest absolute Gasteiger partial charge is 0.441 e. The maximum atomic E-state index is 6.29. The summed E-state index contributed by atoms with van der Waals surface area (Å²) >= 11 is 9.71. The Morgan fingerprint density at radius 3 is 2.81 bits per heavy atom. The van der Waals surface area contributed by atoms with Crippen LogP contribution in [0, 0.1) is 6.92 Å². The van der Waals surface area contributed by atoms with Gasteiger partial charge in [-0.3, -0.25) is 0 Å². The van der Waals surface area contributed by atoms with Crippen LogP contribution in [0.4, 0.5) is 5.69 Å². The normalized spacial score (nSPS) is 12.6. The molecule has 5 heteroatoms. The van der Waals surface area contributed by atoms with Gasteiger partial charge in [0.1, 0.15) is 5.52 Å². The van der Waals surface area contributed by atoms with E-state index in [1.54, 1.807) is 0 Å². The second-order valence-electron chi connectivity index (χ2n) is 4.95. The van der Waals surface area contributed by atoms with Gasteiger partial charge < -0.3 is 9.73 Å². The number of nitrogens with zero attached hydrogens (tertiary/aromatic N) is 1. The zero-order valence-electron chi connectivity index (χ0n) is 11.7. The third-order valence-corrected chi connectivity index (χ3v) is 4.13. The molecule has 0 saturated heterocycles. The molecule has 0 spiro atoms. The summed E-state index contributed by atoms with van der Waals surface area (Å²) in [6.07, 6.45) is 0. The number of anilines is 1. The van der Waals surface area contributed by atoms with Crippen molar-refractivity contribution in [3.63, 3.8) is 0 Å². The van der Waals surface area contributed by atoms with E-state index in [4.69, 9.17) is 16.0 Å². The van der Waals surface area contributed by atoms with E-state index >= 15 is 0 Å². The van der Waals surface area contributed by atoms with E-state index in [1.165, 1.54) is 0 Å². The first-order chi connectivity index (χ1) is 10.0. The van der Waals surface area contributed by atoms with Crippen molar-refractivity contribution >= 4 is 44.3 Å².